The monoisotopic (exact) mass is 476 g/mol. The minimum Gasteiger partial charge on any atom is -0.379 e. The van der Waals surface area contributed by atoms with Gasteiger partial charge in [-0.05, 0) is 19.4 Å². The Morgan fingerprint density at radius 3 is 2.15 bits per heavy atom. The SMILES string of the molecule is CO[C@@H]1O[C@H](COCCOCCOCCOCCN=[N+]=[N-])[C@@H]2OC(C)(C)O[C@@H]2[C@H]1NC(C)=O. The predicted octanol–water partition coefficient (Wildman–Crippen LogP) is 0.759. The van der Waals surface area contributed by atoms with Crippen molar-refractivity contribution in [2.45, 2.75) is 57.2 Å². The molecule has 2 heterocycles. The van der Waals surface area contributed by atoms with Crippen LogP contribution in [-0.2, 0) is 42.7 Å². The molecule has 2 aliphatic heterocycles. The van der Waals surface area contributed by atoms with Gasteiger partial charge in [0.05, 0.1) is 52.9 Å². The van der Waals surface area contributed by atoms with Crippen LogP contribution in [0.3, 0.4) is 0 Å². The molecule has 0 aromatic heterocycles. The Labute approximate surface area is 193 Å². The number of methoxy groups -OCH3 is 1. The van der Waals surface area contributed by atoms with Gasteiger partial charge in [-0.3, -0.25) is 4.79 Å². The first-order chi connectivity index (χ1) is 15.9. The third-order valence-corrected chi connectivity index (χ3v) is 4.89. The molecule has 190 valence electrons. The van der Waals surface area contributed by atoms with Gasteiger partial charge >= 0.3 is 0 Å². The van der Waals surface area contributed by atoms with E-state index < -0.39 is 36.4 Å². The van der Waals surface area contributed by atoms with E-state index in [0.717, 1.165) is 0 Å². The van der Waals surface area contributed by atoms with Crippen LogP contribution in [0.1, 0.15) is 20.8 Å². The van der Waals surface area contributed by atoms with Gasteiger partial charge in [0.25, 0.3) is 0 Å². The quantitative estimate of drug-likeness (QED) is 0.147. The van der Waals surface area contributed by atoms with E-state index in [2.05, 4.69) is 15.3 Å². The maximum absolute atomic E-state index is 11.6. The fourth-order valence-electron chi connectivity index (χ4n) is 3.60. The van der Waals surface area contributed by atoms with E-state index in [1.165, 1.54) is 14.0 Å². The number of carbonyl (C=O) groups is 1. The number of fused-ring (bicyclic) bond motifs is 1. The zero-order chi connectivity index (χ0) is 24.1. The summed E-state index contributed by atoms with van der Waals surface area (Å²) in [6.07, 6.45) is -1.94. The van der Waals surface area contributed by atoms with Crippen LogP contribution < -0.4 is 5.32 Å². The van der Waals surface area contributed by atoms with Crippen LogP contribution in [0.2, 0.25) is 0 Å². The topological polar surface area (TPSA) is 152 Å². The lowest BCUT2D eigenvalue weighted by Gasteiger charge is -2.41. The number of hydrogen-bond donors (Lipinski definition) is 1. The molecule has 2 rings (SSSR count). The number of azide groups is 1. The number of rotatable bonds is 16. The molecule has 0 aliphatic carbocycles. The highest BCUT2D eigenvalue weighted by molar-refractivity contribution is 5.73. The summed E-state index contributed by atoms with van der Waals surface area (Å²) < 4.78 is 45.3. The molecule has 0 spiro atoms. The van der Waals surface area contributed by atoms with Crippen LogP contribution in [-0.4, -0.2) is 109 Å². The Balaban J connectivity index is 1.61. The smallest absolute Gasteiger partial charge is 0.217 e. The number of hydrogen-bond acceptors (Lipinski definition) is 10. The van der Waals surface area contributed by atoms with Crippen molar-refractivity contribution in [3.05, 3.63) is 10.4 Å². The second kappa shape index (κ2) is 14.7. The van der Waals surface area contributed by atoms with Crippen LogP contribution in [0.15, 0.2) is 5.11 Å². The standard InChI is InChI=1S/C20H36N4O9/c1-14(25)23-16-18-17(32-20(2,3)33-18)15(31-19(16)26-4)13-30-12-11-29-10-9-28-8-7-27-6-5-22-24-21/h15-19H,5-13H2,1-4H3,(H,23,25)/t15-,16-,17+,18-,19-/m1/s1. The Kier molecular flexibility index (Phi) is 12.3. The first kappa shape index (κ1) is 27.7. The highest BCUT2D eigenvalue weighted by Gasteiger charge is 2.55. The van der Waals surface area contributed by atoms with Gasteiger partial charge < -0.3 is 43.2 Å². The van der Waals surface area contributed by atoms with Crippen molar-refractivity contribution in [2.24, 2.45) is 5.11 Å². The largest absolute Gasteiger partial charge is 0.379 e. The van der Waals surface area contributed by atoms with Crippen LogP contribution in [0.25, 0.3) is 10.4 Å². The Hall–Kier alpha value is -1.54. The summed E-state index contributed by atoms with van der Waals surface area (Å²) >= 11 is 0. The zero-order valence-electron chi connectivity index (χ0n) is 19.8. The van der Waals surface area contributed by atoms with Crippen molar-refractivity contribution in [2.75, 3.05) is 66.5 Å². The number of nitrogens with one attached hydrogen (secondary N) is 1. The van der Waals surface area contributed by atoms with E-state index in [9.17, 15) is 4.79 Å². The normalized spacial score (nSPS) is 28.2. The molecular weight excluding hydrogens is 440 g/mol. The Morgan fingerprint density at radius 2 is 1.58 bits per heavy atom. The summed E-state index contributed by atoms with van der Waals surface area (Å²) in [5.74, 6) is -1.01. The Morgan fingerprint density at radius 1 is 1.00 bits per heavy atom. The molecular formula is C20H36N4O9. The fraction of sp³-hybridized carbons (Fsp3) is 0.950. The van der Waals surface area contributed by atoms with Crippen molar-refractivity contribution < 1.29 is 42.7 Å². The molecule has 13 nitrogen and oxygen atoms in total. The lowest BCUT2D eigenvalue weighted by Crippen LogP contribution is -2.63. The maximum Gasteiger partial charge on any atom is 0.217 e. The molecule has 0 saturated carbocycles. The van der Waals surface area contributed by atoms with E-state index in [0.29, 0.717) is 52.8 Å². The third kappa shape index (κ3) is 9.69. The van der Waals surface area contributed by atoms with Crippen LogP contribution in [0.5, 0.6) is 0 Å². The average Bonchev–Trinajstić information content (AvgIpc) is 3.10. The summed E-state index contributed by atoms with van der Waals surface area (Å²) in [6, 6.07) is -0.490. The van der Waals surface area contributed by atoms with E-state index in [1.54, 1.807) is 0 Å². The van der Waals surface area contributed by atoms with Gasteiger partial charge in [0, 0.05) is 25.5 Å². The van der Waals surface area contributed by atoms with Crippen LogP contribution >= 0.6 is 0 Å². The molecule has 2 saturated heterocycles. The average molecular weight is 477 g/mol. The molecule has 1 N–H and O–H groups in total. The van der Waals surface area contributed by atoms with E-state index in [1.807, 2.05) is 13.8 Å². The highest BCUT2D eigenvalue weighted by atomic mass is 16.8. The number of amides is 1. The molecule has 2 aliphatic rings. The zero-order valence-corrected chi connectivity index (χ0v) is 19.8. The van der Waals surface area contributed by atoms with Gasteiger partial charge in [0.15, 0.2) is 12.1 Å². The minimum atomic E-state index is -0.810. The number of ether oxygens (including phenoxy) is 8. The predicted molar refractivity (Wildman–Crippen MR) is 114 cm³/mol. The first-order valence-corrected chi connectivity index (χ1v) is 11.0. The molecule has 0 aromatic carbocycles. The van der Waals surface area contributed by atoms with Crippen molar-refractivity contribution in [3.8, 4) is 0 Å². The molecule has 0 radical (unpaired) electrons. The van der Waals surface area contributed by atoms with Gasteiger partial charge in [0.2, 0.25) is 5.91 Å². The van der Waals surface area contributed by atoms with E-state index in [4.69, 9.17) is 43.4 Å². The second-order valence-corrected chi connectivity index (χ2v) is 7.94. The van der Waals surface area contributed by atoms with Crippen LogP contribution in [0.4, 0.5) is 0 Å². The fourth-order valence-corrected chi connectivity index (χ4v) is 3.60. The lowest BCUT2D eigenvalue weighted by atomic mass is 9.97. The molecule has 1 amide bonds. The molecule has 13 heteroatoms. The van der Waals surface area contributed by atoms with Gasteiger partial charge in [-0.1, -0.05) is 5.11 Å². The van der Waals surface area contributed by atoms with Crippen molar-refractivity contribution in [1.82, 2.24) is 5.32 Å². The van der Waals surface area contributed by atoms with E-state index >= 15 is 0 Å². The second-order valence-electron chi connectivity index (χ2n) is 7.94. The molecule has 0 aromatic rings. The van der Waals surface area contributed by atoms with Gasteiger partial charge in [-0.25, -0.2) is 0 Å². The van der Waals surface area contributed by atoms with E-state index in [-0.39, 0.29) is 12.5 Å². The number of nitrogens with zero attached hydrogens (tertiary/aromatic N) is 3. The van der Waals surface area contributed by atoms with Crippen molar-refractivity contribution in [3.63, 3.8) is 0 Å². The Bertz CT molecular complexity index is 633. The lowest BCUT2D eigenvalue weighted by molar-refractivity contribution is -0.245. The minimum absolute atomic E-state index is 0.202. The molecule has 5 atom stereocenters. The third-order valence-electron chi connectivity index (χ3n) is 4.89. The van der Waals surface area contributed by atoms with Gasteiger partial charge in [0.1, 0.15) is 24.4 Å². The first-order valence-electron chi connectivity index (χ1n) is 11.0. The van der Waals surface area contributed by atoms with Crippen molar-refractivity contribution in [1.29, 1.82) is 0 Å². The molecule has 0 bridgehead atoms. The summed E-state index contributed by atoms with van der Waals surface area (Å²) in [5.41, 5.74) is 8.14. The summed E-state index contributed by atoms with van der Waals surface area (Å²) in [5, 5.41) is 6.21. The number of carbonyl (C=O) groups excluding carboxylic acids is 1. The van der Waals surface area contributed by atoms with Gasteiger partial charge in [-0.2, -0.15) is 0 Å². The summed E-state index contributed by atoms with van der Waals surface area (Å²) in [7, 11) is 1.52. The van der Waals surface area contributed by atoms with Crippen molar-refractivity contribution >= 4 is 5.91 Å². The van der Waals surface area contributed by atoms with Crippen LogP contribution in [0, 0.1) is 0 Å². The highest BCUT2D eigenvalue weighted by Crippen LogP contribution is 2.37. The van der Waals surface area contributed by atoms with Gasteiger partial charge in [-0.15, -0.1) is 0 Å². The molecule has 2 fully saturated rings. The summed E-state index contributed by atoms with van der Waals surface area (Å²) in [4.78, 5) is 14.3. The summed E-state index contributed by atoms with van der Waals surface area (Å²) in [6.45, 7) is 8.55. The molecule has 33 heavy (non-hydrogen) atoms. The maximum atomic E-state index is 11.6. The molecule has 0 unspecified atom stereocenters.